The van der Waals surface area contributed by atoms with Gasteiger partial charge in [0.15, 0.2) is 0 Å². The molecule has 1 aromatic heterocycles. The second-order valence-electron chi connectivity index (χ2n) is 5.62. The Kier molecular flexibility index (Phi) is 5.17. The Labute approximate surface area is 137 Å². The summed E-state index contributed by atoms with van der Waals surface area (Å²) in [6.45, 7) is 6.12. The van der Waals surface area contributed by atoms with Gasteiger partial charge in [0.05, 0.1) is 12.1 Å². The van der Waals surface area contributed by atoms with Crippen molar-refractivity contribution in [3.05, 3.63) is 39.8 Å². The van der Waals surface area contributed by atoms with E-state index in [9.17, 15) is 4.79 Å². The molecule has 112 valence electrons. The van der Waals surface area contributed by atoms with Gasteiger partial charge in [0, 0.05) is 21.0 Å². The van der Waals surface area contributed by atoms with Crippen LogP contribution in [0.5, 0.6) is 0 Å². The summed E-state index contributed by atoms with van der Waals surface area (Å²) in [6.07, 6.45) is 1.23. The number of nitrogens with zero attached hydrogens (tertiary/aromatic N) is 1. The van der Waals surface area contributed by atoms with Gasteiger partial charge in [-0.05, 0) is 32.4 Å². The molecule has 0 unspecified atom stereocenters. The average Bonchev–Trinajstić information content (AvgIpc) is 2.86. The Morgan fingerprint density at radius 2 is 2.19 bits per heavy atom. The number of halogens is 1. The van der Waals surface area contributed by atoms with Gasteiger partial charge in [-0.25, -0.2) is 4.98 Å². The molecule has 1 N–H and O–H groups in total. The Morgan fingerprint density at radius 3 is 2.86 bits per heavy atom. The molecule has 5 heteroatoms. The van der Waals surface area contributed by atoms with E-state index in [0.29, 0.717) is 6.42 Å². The summed E-state index contributed by atoms with van der Waals surface area (Å²) in [5.41, 5.74) is 1.72. The van der Waals surface area contributed by atoms with E-state index in [-0.39, 0.29) is 11.4 Å². The van der Waals surface area contributed by atoms with E-state index in [1.165, 1.54) is 0 Å². The van der Waals surface area contributed by atoms with Gasteiger partial charge in [-0.1, -0.05) is 35.0 Å². The van der Waals surface area contributed by atoms with Crippen LogP contribution in [0.4, 0.5) is 0 Å². The minimum atomic E-state index is -0.166. The van der Waals surface area contributed by atoms with E-state index < -0.39 is 0 Å². The fraction of sp³-hybridized carbons (Fsp3) is 0.375. The smallest absolute Gasteiger partial charge is 0.226 e. The summed E-state index contributed by atoms with van der Waals surface area (Å²) in [6, 6.07) is 8.02. The van der Waals surface area contributed by atoms with Crippen molar-refractivity contribution in [3.63, 3.8) is 0 Å². The highest BCUT2D eigenvalue weighted by Crippen LogP contribution is 2.26. The Balaban J connectivity index is 2.05. The summed E-state index contributed by atoms with van der Waals surface area (Å²) < 4.78 is 1.03. The van der Waals surface area contributed by atoms with Crippen LogP contribution in [0.1, 0.15) is 32.9 Å². The molecule has 0 fully saturated rings. The average molecular weight is 367 g/mol. The lowest BCUT2D eigenvalue weighted by atomic mass is 10.0. The number of hydrogen-bond donors (Lipinski definition) is 1. The molecule has 3 nitrogen and oxygen atoms in total. The van der Waals surface area contributed by atoms with Crippen LogP contribution in [0, 0.1) is 0 Å². The second-order valence-corrected chi connectivity index (χ2v) is 7.39. The maximum Gasteiger partial charge on any atom is 0.226 e. The molecule has 0 aliphatic rings. The number of nitrogens with one attached hydrogen (secondary N) is 1. The molecule has 0 saturated heterocycles. The van der Waals surface area contributed by atoms with Gasteiger partial charge < -0.3 is 5.32 Å². The van der Waals surface area contributed by atoms with Crippen LogP contribution < -0.4 is 5.32 Å². The van der Waals surface area contributed by atoms with E-state index in [0.717, 1.165) is 27.2 Å². The van der Waals surface area contributed by atoms with E-state index >= 15 is 0 Å². The third-order valence-corrected chi connectivity index (χ3v) is 4.76. The minimum absolute atomic E-state index is 0.0212. The summed E-state index contributed by atoms with van der Waals surface area (Å²) in [5.74, 6) is 0.0212. The number of rotatable bonds is 5. The van der Waals surface area contributed by atoms with Crippen molar-refractivity contribution in [1.29, 1.82) is 0 Å². The van der Waals surface area contributed by atoms with Gasteiger partial charge in [0.2, 0.25) is 5.91 Å². The SMILES string of the molecule is CCC(C)(C)NC(=O)Cc1csc(-c2cccc(Br)c2)n1. The molecule has 0 radical (unpaired) electrons. The fourth-order valence-corrected chi connectivity index (χ4v) is 3.03. The molecule has 0 saturated carbocycles. The van der Waals surface area contributed by atoms with Gasteiger partial charge in [0.1, 0.15) is 5.01 Å². The van der Waals surface area contributed by atoms with Crippen LogP contribution in [0.3, 0.4) is 0 Å². The zero-order valence-electron chi connectivity index (χ0n) is 12.4. The number of benzene rings is 1. The van der Waals surface area contributed by atoms with Gasteiger partial charge in [-0.15, -0.1) is 11.3 Å². The van der Waals surface area contributed by atoms with Crippen LogP contribution in [0.25, 0.3) is 10.6 Å². The number of carbonyl (C=O) groups is 1. The molecule has 1 heterocycles. The summed E-state index contributed by atoms with van der Waals surface area (Å²) in [5, 5.41) is 5.92. The van der Waals surface area contributed by atoms with Crippen molar-refractivity contribution in [1.82, 2.24) is 10.3 Å². The van der Waals surface area contributed by atoms with Crippen LogP contribution in [-0.4, -0.2) is 16.4 Å². The summed E-state index contributed by atoms with van der Waals surface area (Å²) in [4.78, 5) is 16.6. The molecule has 1 amide bonds. The first-order valence-electron chi connectivity index (χ1n) is 6.91. The third-order valence-electron chi connectivity index (χ3n) is 3.33. The maximum atomic E-state index is 12.0. The highest BCUT2D eigenvalue weighted by Gasteiger charge is 2.18. The third kappa shape index (κ3) is 4.64. The molecule has 2 rings (SSSR count). The van der Waals surface area contributed by atoms with Crippen LogP contribution in [-0.2, 0) is 11.2 Å². The normalized spacial score (nSPS) is 11.4. The standard InChI is InChI=1S/C16H19BrN2OS/c1-4-16(2,3)19-14(20)9-13-10-21-15(18-13)11-6-5-7-12(17)8-11/h5-8,10H,4,9H2,1-3H3,(H,19,20). The fourth-order valence-electron chi connectivity index (χ4n) is 1.82. The van der Waals surface area contributed by atoms with Crippen molar-refractivity contribution in [2.24, 2.45) is 0 Å². The molecular weight excluding hydrogens is 348 g/mol. The molecule has 0 spiro atoms. The second kappa shape index (κ2) is 6.71. The van der Waals surface area contributed by atoms with Gasteiger partial charge in [0.25, 0.3) is 0 Å². The topological polar surface area (TPSA) is 42.0 Å². The zero-order valence-corrected chi connectivity index (χ0v) is 14.8. The van der Waals surface area contributed by atoms with Crippen molar-refractivity contribution in [2.45, 2.75) is 39.2 Å². The van der Waals surface area contributed by atoms with Gasteiger partial charge >= 0.3 is 0 Å². The number of aromatic nitrogens is 1. The number of carbonyl (C=O) groups excluding carboxylic acids is 1. The quantitative estimate of drug-likeness (QED) is 0.850. The van der Waals surface area contributed by atoms with Crippen molar-refractivity contribution < 1.29 is 4.79 Å². The predicted molar refractivity (Wildman–Crippen MR) is 91.5 cm³/mol. The molecule has 0 aliphatic carbocycles. The molecule has 0 atom stereocenters. The van der Waals surface area contributed by atoms with Crippen LogP contribution in [0.2, 0.25) is 0 Å². The lowest BCUT2D eigenvalue weighted by Gasteiger charge is -2.24. The molecular formula is C16H19BrN2OS. The van der Waals surface area contributed by atoms with E-state index in [4.69, 9.17) is 0 Å². The minimum Gasteiger partial charge on any atom is -0.351 e. The number of amides is 1. The Morgan fingerprint density at radius 1 is 1.43 bits per heavy atom. The van der Waals surface area contributed by atoms with E-state index in [1.54, 1.807) is 11.3 Å². The van der Waals surface area contributed by atoms with Crippen LogP contribution >= 0.6 is 27.3 Å². The van der Waals surface area contributed by atoms with E-state index in [2.05, 4.69) is 33.2 Å². The monoisotopic (exact) mass is 366 g/mol. The van der Waals surface area contributed by atoms with Crippen molar-refractivity contribution >= 4 is 33.2 Å². The Hall–Kier alpha value is -1.20. The summed E-state index contributed by atoms with van der Waals surface area (Å²) in [7, 11) is 0. The first kappa shape index (κ1) is 16.2. The number of thiazole rings is 1. The molecule has 2 aromatic rings. The lowest BCUT2D eigenvalue weighted by Crippen LogP contribution is -2.43. The van der Waals surface area contributed by atoms with Crippen molar-refractivity contribution in [3.8, 4) is 10.6 Å². The molecule has 0 bridgehead atoms. The van der Waals surface area contributed by atoms with Gasteiger partial charge in [-0.2, -0.15) is 0 Å². The zero-order chi connectivity index (χ0) is 15.5. The van der Waals surface area contributed by atoms with E-state index in [1.807, 2.05) is 43.5 Å². The highest BCUT2D eigenvalue weighted by atomic mass is 79.9. The first-order valence-corrected chi connectivity index (χ1v) is 8.58. The maximum absolute atomic E-state index is 12.0. The summed E-state index contributed by atoms with van der Waals surface area (Å²) >= 11 is 5.03. The first-order chi connectivity index (χ1) is 9.89. The molecule has 0 aliphatic heterocycles. The Bertz CT molecular complexity index is 637. The highest BCUT2D eigenvalue weighted by molar-refractivity contribution is 9.10. The predicted octanol–water partition coefficient (Wildman–Crippen LogP) is 4.42. The number of hydrogen-bond acceptors (Lipinski definition) is 3. The van der Waals surface area contributed by atoms with Crippen LogP contribution in [0.15, 0.2) is 34.1 Å². The molecule has 1 aromatic carbocycles. The van der Waals surface area contributed by atoms with Gasteiger partial charge in [-0.3, -0.25) is 4.79 Å². The largest absolute Gasteiger partial charge is 0.351 e. The molecule has 21 heavy (non-hydrogen) atoms. The van der Waals surface area contributed by atoms with Crippen molar-refractivity contribution in [2.75, 3.05) is 0 Å². The lowest BCUT2D eigenvalue weighted by molar-refractivity contribution is -0.122.